The molecule has 178 valence electrons. The molecule has 4 aromatic carbocycles. The highest BCUT2D eigenvalue weighted by Crippen LogP contribution is 2.33. The fourth-order valence-corrected chi connectivity index (χ4v) is 4.82. The third-order valence-corrected chi connectivity index (χ3v) is 7.35. The average Bonchev–Trinajstić information content (AvgIpc) is 2.86. The number of nitrogens with one attached hydrogen (secondary N) is 1. The Morgan fingerprint density at radius 1 is 0.886 bits per heavy atom. The summed E-state index contributed by atoms with van der Waals surface area (Å²) in [5.41, 5.74) is 1.71. The maximum atomic E-state index is 13.3. The Balaban J connectivity index is 1.65. The summed E-state index contributed by atoms with van der Waals surface area (Å²) in [6, 6.07) is 27.1. The summed E-state index contributed by atoms with van der Waals surface area (Å²) >= 11 is 6.18. The smallest absolute Gasteiger partial charge is 0.264 e. The first-order valence-electron chi connectivity index (χ1n) is 10.7. The number of ether oxygens (including phenoxy) is 1. The van der Waals surface area contributed by atoms with E-state index in [1.807, 2.05) is 25.1 Å². The maximum Gasteiger partial charge on any atom is 0.264 e. The van der Waals surface area contributed by atoms with Crippen molar-refractivity contribution in [1.82, 2.24) is 0 Å². The monoisotopic (exact) mass is 506 g/mol. The van der Waals surface area contributed by atoms with Gasteiger partial charge in [-0.05, 0) is 61.5 Å². The van der Waals surface area contributed by atoms with Gasteiger partial charge < -0.3 is 10.1 Å². The van der Waals surface area contributed by atoms with E-state index in [4.69, 9.17) is 16.3 Å². The number of hydrogen-bond donors (Lipinski definition) is 1. The number of para-hydroxylation sites is 2. The van der Waals surface area contributed by atoms with Gasteiger partial charge in [-0.2, -0.15) is 0 Å². The quantitative estimate of drug-likeness (QED) is 0.309. The lowest BCUT2D eigenvalue weighted by molar-refractivity contribution is 0.102. The normalized spacial score (nSPS) is 11.1. The van der Waals surface area contributed by atoms with Crippen molar-refractivity contribution in [3.05, 3.63) is 113 Å². The molecule has 0 saturated heterocycles. The summed E-state index contributed by atoms with van der Waals surface area (Å²) in [7, 11) is -2.46. The van der Waals surface area contributed by atoms with Gasteiger partial charge in [-0.15, -0.1) is 0 Å². The minimum Gasteiger partial charge on any atom is -0.455 e. The third-order valence-electron chi connectivity index (χ3n) is 5.33. The van der Waals surface area contributed by atoms with E-state index < -0.39 is 15.9 Å². The van der Waals surface area contributed by atoms with Gasteiger partial charge in [-0.1, -0.05) is 59.6 Å². The lowest BCUT2D eigenvalue weighted by Gasteiger charge is -2.22. The maximum absolute atomic E-state index is 13.3. The van der Waals surface area contributed by atoms with Crippen molar-refractivity contribution < 1.29 is 17.9 Å². The second kappa shape index (κ2) is 10.2. The molecule has 8 heteroatoms. The van der Waals surface area contributed by atoms with Crippen molar-refractivity contribution in [1.29, 1.82) is 0 Å². The number of benzene rings is 4. The average molecular weight is 507 g/mol. The van der Waals surface area contributed by atoms with Crippen LogP contribution < -0.4 is 14.4 Å². The molecular weight excluding hydrogens is 484 g/mol. The Bertz CT molecular complexity index is 1460. The zero-order valence-electron chi connectivity index (χ0n) is 19.1. The molecule has 0 atom stereocenters. The van der Waals surface area contributed by atoms with Gasteiger partial charge in [0, 0.05) is 12.1 Å². The second-order valence-corrected chi connectivity index (χ2v) is 10.2. The van der Waals surface area contributed by atoms with E-state index in [0.29, 0.717) is 22.2 Å². The van der Waals surface area contributed by atoms with Crippen molar-refractivity contribution in [3.8, 4) is 11.5 Å². The van der Waals surface area contributed by atoms with Crippen molar-refractivity contribution in [2.24, 2.45) is 0 Å². The Morgan fingerprint density at radius 3 is 2.26 bits per heavy atom. The Morgan fingerprint density at radius 2 is 1.54 bits per heavy atom. The van der Waals surface area contributed by atoms with Gasteiger partial charge in [0.15, 0.2) is 5.75 Å². The molecule has 0 aliphatic carbocycles. The molecule has 1 N–H and O–H groups in total. The van der Waals surface area contributed by atoms with Gasteiger partial charge in [0.25, 0.3) is 15.9 Å². The van der Waals surface area contributed by atoms with E-state index in [1.165, 1.54) is 7.05 Å². The zero-order chi connectivity index (χ0) is 25.0. The fraction of sp³-hybridized carbons (Fsp3) is 0.0741. The molecule has 4 rings (SSSR count). The molecule has 0 aliphatic heterocycles. The lowest BCUT2D eigenvalue weighted by Crippen LogP contribution is -2.29. The molecule has 0 fully saturated rings. The van der Waals surface area contributed by atoms with Crippen LogP contribution in [-0.4, -0.2) is 21.4 Å². The number of hydrogen-bond acceptors (Lipinski definition) is 4. The summed E-state index contributed by atoms with van der Waals surface area (Å²) in [6.07, 6.45) is 0. The van der Waals surface area contributed by atoms with Crippen LogP contribution in [0.3, 0.4) is 0 Å². The predicted molar refractivity (Wildman–Crippen MR) is 139 cm³/mol. The van der Waals surface area contributed by atoms with Crippen molar-refractivity contribution in [2.75, 3.05) is 16.7 Å². The van der Waals surface area contributed by atoms with Gasteiger partial charge in [-0.25, -0.2) is 8.42 Å². The molecule has 0 unspecified atom stereocenters. The minimum atomic E-state index is -3.89. The van der Waals surface area contributed by atoms with Crippen LogP contribution in [-0.2, 0) is 10.0 Å². The summed E-state index contributed by atoms with van der Waals surface area (Å²) in [4.78, 5) is 13.5. The number of rotatable bonds is 7. The first-order chi connectivity index (χ1) is 16.8. The van der Waals surface area contributed by atoms with Crippen LogP contribution in [0.1, 0.15) is 15.9 Å². The number of amides is 1. The van der Waals surface area contributed by atoms with Crippen LogP contribution in [0.2, 0.25) is 5.02 Å². The van der Waals surface area contributed by atoms with Crippen molar-refractivity contribution in [3.63, 3.8) is 0 Å². The minimum absolute atomic E-state index is 0.134. The Kier molecular flexibility index (Phi) is 7.10. The van der Waals surface area contributed by atoms with E-state index in [-0.39, 0.29) is 16.1 Å². The van der Waals surface area contributed by atoms with Crippen LogP contribution in [0.5, 0.6) is 11.5 Å². The van der Waals surface area contributed by atoms with Crippen LogP contribution >= 0.6 is 11.6 Å². The van der Waals surface area contributed by atoms with Crippen molar-refractivity contribution in [2.45, 2.75) is 11.8 Å². The molecule has 35 heavy (non-hydrogen) atoms. The van der Waals surface area contributed by atoms with Gasteiger partial charge in [0.1, 0.15) is 5.75 Å². The van der Waals surface area contributed by atoms with E-state index >= 15 is 0 Å². The largest absolute Gasteiger partial charge is 0.455 e. The van der Waals surface area contributed by atoms with E-state index in [2.05, 4.69) is 5.32 Å². The highest BCUT2D eigenvalue weighted by Gasteiger charge is 2.25. The van der Waals surface area contributed by atoms with E-state index in [1.54, 1.807) is 78.9 Å². The number of carbonyl (C=O) groups excluding carboxylic acids is 1. The number of aryl methyl sites for hydroxylation is 1. The van der Waals surface area contributed by atoms with E-state index in [9.17, 15) is 13.2 Å². The molecule has 0 bridgehead atoms. The second-order valence-electron chi connectivity index (χ2n) is 7.81. The summed E-state index contributed by atoms with van der Waals surface area (Å²) in [5, 5.41) is 3.22. The molecule has 6 nitrogen and oxygen atoms in total. The predicted octanol–water partition coefficient (Wildman–Crippen LogP) is 6.52. The van der Waals surface area contributed by atoms with Crippen molar-refractivity contribution >= 4 is 38.9 Å². The molecule has 0 aliphatic rings. The highest BCUT2D eigenvalue weighted by molar-refractivity contribution is 7.92. The molecule has 0 spiro atoms. The van der Waals surface area contributed by atoms with Crippen LogP contribution in [0.25, 0.3) is 0 Å². The van der Waals surface area contributed by atoms with Crippen LogP contribution in [0.4, 0.5) is 11.4 Å². The highest BCUT2D eigenvalue weighted by atomic mass is 35.5. The Hall–Kier alpha value is -3.81. The standard InChI is InChI=1S/C27H23ClN2O4S/c1-19-12-15-22(16-13-19)35(32,33)30(2)25-11-7-6-10-23(25)27(31)29-24-18-20(28)14-17-26(24)34-21-8-4-3-5-9-21/h3-18H,1-2H3,(H,29,31). The Labute approximate surface area is 209 Å². The topological polar surface area (TPSA) is 75.7 Å². The van der Waals surface area contributed by atoms with Crippen LogP contribution in [0, 0.1) is 6.92 Å². The molecule has 0 radical (unpaired) electrons. The van der Waals surface area contributed by atoms with Gasteiger partial charge in [0.2, 0.25) is 0 Å². The molecule has 1 amide bonds. The third kappa shape index (κ3) is 5.48. The van der Waals surface area contributed by atoms with Gasteiger partial charge in [0.05, 0.1) is 21.8 Å². The molecule has 4 aromatic rings. The molecule has 0 saturated carbocycles. The summed E-state index contributed by atoms with van der Waals surface area (Å²) < 4.78 is 33.5. The summed E-state index contributed by atoms with van der Waals surface area (Å²) in [6.45, 7) is 1.88. The number of carbonyl (C=O) groups is 1. The lowest BCUT2D eigenvalue weighted by atomic mass is 10.1. The first-order valence-corrected chi connectivity index (χ1v) is 12.6. The number of sulfonamides is 1. The zero-order valence-corrected chi connectivity index (χ0v) is 20.7. The molecule has 0 aromatic heterocycles. The van der Waals surface area contributed by atoms with Crippen LogP contribution in [0.15, 0.2) is 102 Å². The molecular formula is C27H23ClN2O4S. The number of anilines is 2. The fourth-order valence-electron chi connectivity index (χ4n) is 3.43. The SMILES string of the molecule is Cc1ccc(S(=O)(=O)N(C)c2ccccc2C(=O)Nc2cc(Cl)ccc2Oc2ccccc2)cc1. The van der Waals surface area contributed by atoms with E-state index in [0.717, 1.165) is 9.87 Å². The van der Waals surface area contributed by atoms with Gasteiger partial charge in [-0.3, -0.25) is 9.10 Å². The first kappa shape index (κ1) is 24.3. The molecule has 0 heterocycles. The number of nitrogens with zero attached hydrogens (tertiary/aromatic N) is 1. The summed E-state index contributed by atoms with van der Waals surface area (Å²) in [5.74, 6) is 0.480. The number of halogens is 1. The van der Waals surface area contributed by atoms with Gasteiger partial charge >= 0.3 is 0 Å².